The van der Waals surface area contributed by atoms with Gasteiger partial charge in [-0.15, -0.1) is 0 Å². The molecule has 1 heterocycles. The van der Waals surface area contributed by atoms with Gasteiger partial charge in [0.15, 0.2) is 11.4 Å². The fourth-order valence-electron chi connectivity index (χ4n) is 1.60. The van der Waals surface area contributed by atoms with Crippen molar-refractivity contribution in [3.8, 4) is 0 Å². The number of fused-ring (bicyclic) bond motifs is 1. The molecule has 0 aliphatic rings. The Labute approximate surface area is 82.9 Å². The monoisotopic (exact) mass is 190 g/mol. The van der Waals surface area contributed by atoms with Gasteiger partial charge in [-0.1, -0.05) is 25.1 Å². The molecule has 2 aromatic rings. The predicted octanol–water partition coefficient (Wildman–Crippen LogP) is 2.61. The summed E-state index contributed by atoms with van der Waals surface area (Å²) in [4.78, 5) is 0. The van der Waals surface area contributed by atoms with Crippen molar-refractivity contribution in [3.63, 3.8) is 0 Å². The van der Waals surface area contributed by atoms with Crippen molar-refractivity contribution >= 4 is 16.8 Å². The van der Waals surface area contributed by atoms with Crippen molar-refractivity contribution in [2.75, 3.05) is 5.73 Å². The molecule has 0 radical (unpaired) electrons. The van der Waals surface area contributed by atoms with Crippen molar-refractivity contribution < 1.29 is 4.52 Å². The molecule has 2 N–H and O–H groups in total. The van der Waals surface area contributed by atoms with Crippen LogP contribution in [0.15, 0.2) is 22.7 Å². The third-order valence-electron chi connectivity index (χ3n) is 2.21. The van der Waals surface area contributed by atoms with Crippen molar-refractivity contribution in [2.45, 2.75) is 20.3 Å². The molecule has 0 saturated heterocycles. The van der Waals surface area contributed by atoms with E-state index < -0.39 is 0 Å². The molecule has 0 aliphatic heterocycles. The first-order valence-corrected chi connectivity index (χ1v) is 4.80. The van der Waals surface area contributed by atoms with Crippen LogP contribution in [-0.2, 0) is 6.42 Å². The van der Waals surface area contributed by atoms with Crippen LogP contribution in [0.5, 0.6) is 0 Å². The molecule has 1 aromatic heterocycles. The highest BCUT2D eigenvalue weighted by Gasteiger charge is 2.06. The summed E-state index contributed by atoms with van der Waals surface area (Å²) in [6.07, 6.45) is 1.05. The third kappa shape index (κ3) is 1.58. The number of rotatable bonds is 2. The minimum Gasteiger partial charge on any atom is -0.380 e. The number of hydrogen-bond donors (Lipinski definition) is 1. The van der Waals surface area contributed by atoms with Gasteiger partial charge in [0.25, 0.3) is 0 Å². The second-order valence-electron chi connectivity index (χ2n) is 4.00. The Kier molecular flexibility index (Phi) is 2.15. The number of benzene rings is 1. The molecule has 14 heavy (non-hydrogen) atoms. The highest BCUT2D eigenvalue weighted by Crippen LogP contribution is 2.22. The van der Waals surface area contributed by atoms with E-state index in [-0.39, 0.29) is 0 Å². The largest absolute Gasteiger partial charge is 0.380 e. The van der Waals surface area contributed by atoms with Gasteiger partial charge in [-0.25, -0.2) is 0 Å². The van der Waals surface area contributed by atoms with Gasteiger partial charge in [0.2, 0.25) is 0 Å². The molecule has 74 valence electrons. The average Bonchev–Trinajstić information content (AvgIpc) is 2.46. The zero-order valence-electron chi connectivity index (χ0n) is 8.45. The maximum atomic E-state index is 5.62. The summed E-state index contributed by atoms with van der Waals surface area (Å²) in [5.74, 6) is 1.11. The molecular formula is C11H14N2O. The summed E-state index contributed by atoms with van der Waals surface area (Å²) in [6, 6.07) is 6.06. The molecule has 0 fully saturated rings. The maximum absolute atomic E-state index is 5.62. The van der Waals surface area contributed by atoms with E-state index in [2.05, 4.69) is 25.1 Å². The normalized spacial score (nSPS) is 11.4. The molecular weight excluding hydrogens is 176 g/mol. The first-order valence-electron chi connectivity index (χ1n) is 4.80. The second kappa shape index (κ2) is 3.33. The molecule has 2 rings (SSSR count). The number of aromatic nitrogens is 1. The first kappa shape index (κ1) is 9.06. The van der Waals surface area contributed by atoms with E-state index in [1.165, 1.54) is 5.56 Å². The maximum Gasteiger partial charge on any atom is 0.174 e. The van der Waals surface area contributed by atoms with Gasteiger partial charge < -0.3 is 10.3 Å². The molecule has 0 atom stereocenters. The molecule has 0 saturated carbocycles. The molecule has 0 unspecified atom stereocenters. The van der Waals surface area contributed by atoms with Crippen LogP contribution in [0.2, 0.25) is 0 Å². The minimum absolute atomic E-state index is 0.469. The van der Waals surface area contributed by atoms with Gasteiger partial charge in [0, 0.05) is 0 Å². The quantitative estimate of drug-likeness (QED) is 0.791. The summed E-state index contributed by atoms with van der Waals surface area (Å²) < 4.78 is 5.10. The molecule has 3 heteroatoms. The molecule has 3 nitrogen and oxygen atoms in total. The highest BCUT2D eigenvalue weighted by atomic mass is 16.5. The molecule has 1 aromatic carbocycles. The van der Waals surface area contributed by atoms with Gasteiger partial charge >= 0.3 is 0 Å². The third-order valence-corrected chi connectivity index (χ3v) is 2.21. The number of nitrogens with two attached hydrogens (primary N) is 1. The molecule has 0 aliphatic carbocycles. The van der Waals surface area contributed by atoms with Crippen LogP contribution in [0.4, 0.5) is 5.82 Å². The number of hydrogen-bond acceptors (Lipinski definition) is 3. The standard InChI is InChI=1S/C11H14N2O/c1-7(2)5-8-3-4-9-10(6-8)14-13-11(9)12/h3-4,6-7H,5H2,1-2H3,(H2,12,13). The van der Waals surface area contributed by atoms with Crippen LogP contribution in [0.25, 0.3) is 11.0 Å². The topological polar surface area (TPSA) is 52.0 Å². The number of anilines is 1. The molecule has 0 amide bonds. The Hall–Kier alpha value is -1.51. The van der Waals surface area contributed by atoms with Crippen molar-refractivity contribution in [1.29, 1.82) is 0 Å². The van der Waals surface area contributed by atoms with Crippen molar-refractivity contribution in [2.24, 2.45) is 5.92 Å². The van der Waals surface area contributed by atoms with Gasteiger partial charge in [-0.3, -0.25) is 0 Å². The van der Waals surface area contributed by atoms with E-state index in [1.54, 1.807) is 0 Å². The van der Waals surface area contributed by atoms with E-state index in [0.717, 1.165) is 17.4 Å². The number of nitrogens with zero attached hydrogens (tertiary/aromatic N) is 1. The summed E-state index contributed by atoms with van der Waals surface area (Å²) >= 11 is 0. The fourth-order valence-corrected chi connectivity index (χ4v) is 1.60. The Bertz CT molecular complexity index is 445. The van der Waals surface area contributed by atoms with E-state index in [4.69, 9.17) is 10.3 Å². The SMILES string of the molecule is CC(C)Cc1ccc2c(N)noc2c1. The Balaban J connectivity index is 2.42. The summed E-state index contributed by atoms with van der Waals surface area (Å²) in [7, 11) is 0. The second-order valence-corrected chi connectivity index (χ2v) is 4.00. The lowest BCUT2D eigenvalue weighted by Gasteiger charge is -2.03. The van der Waals surface area contributed by atoms with E-state index >= 15 is 0 Å². The van der Waals surface area contributed by atoms with Gasteiger partial charge in [0.05, 0.1) is 5.39 Å². The summed E-state index contributed by atoms with van der Waals surface area (Å²) in [6.45, 7) is 4.39. The van der Waals surface area contributed by atoms with Crippen LogP contribution in [0, 0.1) is 5.92 Å². The van der Waals surface area contributed by atoms with Crippen LogP contribution in [-0.4, -0.2) is 5.16 Å². The van der Waals surface area contributed by atoms with E-state index in [1.807, 2.05) is 12.1 Å². The predicted molar refractivity (Wildman–Crippen MR) is 57.0 cm³/mol. The van der Waals surface area contributed by atoms with Gasteiger partial charge in [-0.2, -0.15) is 0 Å². The lowest BCUT2D eigenvalue weighted by molar-refractivity contribution is 0.460. The summed E-state index contributed by atoms with van der Waals surface area (Å²) in [5, 5.41) is 4.62. The first-order chi connectivity index (χ1) is 6.66. The lowest BCUT2D eigenvalue weighted by Crippen LogP contribution is -1.93. The van der Waals surface area contributed by atoms with Gasteiger partial charge in [0.1, 0.15) is 0 Å². The minimum atomic E-state index is 0.469. The van der Waals surface area contributed by atoms with Crippen molar-refractivity contribution in [1.82, 2.24) is 5.16 Å². The lowest BCUT2D eigenvalue weighted by atomic mass is 10.0. The van der Waals surface area contributed by atoms with Crippen LogP contribution in [0.1, 0.15) is 19.4 Å². The smallest absolute Gasteiger partial charge is 0.174 e. The van der Waals surface area contributed by atoms with E-state index in [9.17, 15) is 0 Å². The van der Waals surface area contributed by atoms with Crippen molar-refractivity contribution in [3.05, 3.63) is 23.8 Å². The van der Waals surface area contributed by atoms with Crippen LogP contribution >= 0.6 is 0 Å². The Morgan fingerprint density at radius 1 is 1.43 bits per heavy atom. The van der Waals surface area contributed by atoms with E-state index in [0.29, 0.717) is 11.7 Å². The molecule has 0 spiro atoms. The highest BCUT2D eigenvalue weighted by molar-refractivity contribution is 5.87. The Morgan fingerprint density at radius 3 is 2.93 bits per heavy atom. The number of nitrogen functional groups attached to an aromatic ring is 1. The zero-order valence-corrected chi connectivity index (χ0v) is 8.45. The van der Waals surface area contributed by atoms with Crippen LogP contribution in [0.3, 0.4) is 0 Å². The van der Waals surface area contributed by atoms with Crippen LogP contribution < -0.4 is 5.73 Å². The zero-order chi connectivity index (χ0) is 10.1. The summed E-state index contributed by atoms with van der Waals surface area (Å²) in [5.41, 5.74) is 7.67. The Morgan fingerprint density at radius 2 is 2.21 bits per heavy atom. The van der Waals surface area contributed by atoms with Gasteiger partial charge in [-0.05, 0) is 30.0 Å². The molecule has 0 bridgehead atoms. The fraction of sp³-hybridized carbons (Fsp3) is 0.364. The average molecular weight is 190 g/mol.